The fourth-order valence-electron chi connectivity index (χ4n) is 2.93. The second-order valence-electron chi connectivity index (χ2n) is 6.50. The van der Waals surface area contributed by atoms with E-state index in [1.807, 2.05) is 0 Å². The van der Waals surface area contributed by atoms with Crippen molar-refractivity contribution in [2.45, 2.75) is 39.2 Å². The molecule has 1 atom stereocenters. The lowest BCUT2D eigenvalue weighted by Crippen LogP contribution is -2.45. The van der Waals surface area contributed by atoms with Crippen LogP contribution in [-0.2, 0) is 23.9 Å². The molecule has 1 aliphatic rings. The molecule has 0 radical (unpaired) electrons. The first-order chi connectivity index (χ1) is 13.4. The zero-order valence-electron chi connectivity index (χ0n) is 16.1. The summed E-state index contributed by atoms with van der Waals surface area (Å²) in [4.78, 5) is 49.5. The number of ether oxygens (including phenoxy) is 2. The highest BCUT2D eigenvalue weighted by Gasteiger charge is 2.31. The third kappa shape index (κ3) is 6.33. The third-order valence-corrected chi connectivity index (χ3v) is 5.16. The topological polar surface area (TPSA) is 102 Å². The van der Waals surface area contributed by atoms with Crippen LogP contribution in [0.4, 0.5) is 0 Å². The predicted octanol–water partition coefficient (Wildman–Crippen LogP) is 1.60. The molecule has 0 saturated carbocycles. The average Bonchev–Trinajstić information content (AvgIpc) is 3.22. The molecule has 1 aromatic rings. The van der Waals surface area contributed by atoms with Gasteiger partial charge in [0.25, 0.3) is 11.8 Å². The van der Waals surface area contributed by atoms with Gasteiger partial charge in [-0.15, -0.1) is 0 Å². The van der Waals surface area contributed by atoms with Crippen LogP contribution in [0.1, 0.15) is 43.5 Å². The van der Waals surface area contributed by atoms with Gasteiger partial charge in [-0.25, -0.2) is 0 Å². The van der Waals surface area contributed by atoms with E-state index in [1.54, 1.807) is 28.7 Å². The fourth-order valence-corrected chi connectivity index (χ4v) is 3.57. The second-order valence-corrected chi connectivity index (χ2v) is 7.28. The minimum atomic E-state index is -0.904. The zero-order valence-corrected chi connectivity index (χ0v) is 17.0. The number of rotatable bonds is 8. The first kappa shape index (κ1) is 21.9. The second kappa shape index (κ2) is 10.8. The number of hydrogen-bond donors (Lipinski definition) is 1. The average molecular weight is 410 g/mol. The summed E-state index contributed by atoms with van der Waals surface area (Å²) in [6.45, 7) is 4.64. The number of carbonyl (C=O) groups is 4. The van der Waals surface area contributed by atoms with Gasteiger partial charge < -0.3 is 19.7 Å². The molecule has 1 unspecified atom stereocenters. The quantitative estimate of drug-likeness (QED) is 0.653. The first-order valence-corrected chi connectivity index (χ1v) is 10.3. The molecular formula is C19H26N2O6S. The Bertz CT molecular complexity index is 683. The molecule has 1 fully saturated rings. The standard InChI is InChI=1S/C19H26N2O6S/c1-3-26-19(25)14-5-9-21(10-6-14)18(24)13(2)27-16(22)4-8-20-17(23)15-7-11-28-12-15/h7,11-14H,3-6,8-10H2,1-2H3,(H,20,23). The molecule has 1 saturated heterocycles. The molecule has 0 bridgehead atoms. The van der Waals surface area contributed by atoms with Gasteiger partial charge in [0.15, 0.2) is 6.10 Å². The van der Waals surface area contributed by atoms with Gasteiger partial charge in [0.2, 0.25) is 0 Å². The molecule has 28 heavy (non-hydrogen) atoms. The number of amides is 2. The Kier molecular flexibility index (Phi) is 8.43. The number of thiophene rings is 1. The number of piperidine rings is 1. The van der Waals surface area contributed by atoms with Crippen LogP contribution < -0.4 is 5.32 Å². The van der Waals surface area contributed by atoms with Crippen molar-refractivity contribution < 1.29 is 28.7 Å². The van der Waals surface area contributed by atoms with E-state index < -0.39 is 12.1 Å². The number of nitrogens with zero attached hydrogens (tertiary/aromatic N) is 1. The van der Waals surface area contributed by atoms with E-state index in [-0.39, 0.29) is 36.7 Å². The Morgan fingerprint density at radius 1 is 1.29 bits per heavy atom. The maximum atomic E-state index is 12.4. The van der Waals surface area contributed by atoms with E-state index in [4.69, 9.17) is 9.47 Å². The maximum absolute atomic E-state index is 12.4. The van der Waals surface area contributed by atoms with Crippen LogP contribution in [0.5, 0.6) is 0 Å². The number of carbonyl (C=O) groups excluding carboxylic acids is 4. The molecule has 1 N–H and O–H groups in total. The van der Waals surface area contributed by atoms with E-state index in [1.165, 1.54) is 18.3 Å². The molecule has 1 aromatic heterocycles. The van der Waals surface area contributed by atoms with E-state index >= 15 is 0 Å². The number of likely N-dealkylation sites (tertiary alicyclic amines) is 1. The smallest absolute Gasteiger partial charge is 0.309 e. The van der Waals surface area contributed by atoms with Gasteiger partial charge in [0.05, 0.1) is 18.9 Å². The van der Waals surface area contributed by atoms with E-state index in [0.29, 0.717) is 38.1 Å². The van der Waals surface area contributed by atoms with Crippen molar-refractivity contribution in [3.8, 4) is 0 Å². The third-order valence-electron chi connectivity index (χ3n) is 4.48. The molecule has 0 spiro atoms. The zero-order chi connectivity index (χ0) is 20.5. The van der Waals surface area contributed by atoms with Gasteiger partial charge in [0, 0.05) is 30.6 Å². The molecule has 0 aliphatic carbocycles. The first-order valence-electron chi connectivity index (χ1n) is 9.37. The maximum Gasteiger partial charge on any atom is 0.309 e. The van der Waals surface area contributed by atoms with Crippen LogP contribution >= 0.6 is 11.3 Å². The number of hydrogen-bond acceptors (Lipinski definition) is 7. The molecule has 154 valence electrons. The summed E-state index contributed by atoms with van der Waals surface area (Å²) in [5.74, 6) is -1.49. The van der Waals surface area contributed by atoms with Gasteiger partial charge in [-0.1, -0.05) is 0 Å². The summed E-state index contributed by atoms with van der Waals surface area (Å²) in [5, 5.41) is 6.15. The molecular weight excluding hydrogens is 384 g/mol. The van der Waals surface area contributed by atoms with Crippen molar-refractivity contribution in [3.63, 3.8) is 0 Å². The number of nitrogens with one attached hydrogen (secondary N) is 1. The Morgan fingerprint density at radius 2 is 2.00 bits per heavy atom. The molecule has 1 aliphatic heterocycles. The monoisotopic (exact) mass is 410 g/mol. The van der Waals surface area contributed by atoms with Crippen LogP contribution in [-0.4, -0.2) is 61.0 Å². The van der Waals surface area contributed by atoms with Crippen molar-refractivity contribution in [2.24, 2.45) is 5.92 Å². The largest absolute Gasteiger partial charge is 0.466 e. The SMILES string of the molecule is CCOC(=O)C1CCN(C(=O)C(C)OC(=O)CCNC(=O)c2ccsc2)CC1. The lowest BCUT2D eigenvalue weighted by molar-refractivity contribution is -0.160. The molecule has 8 nitrogen and oxygen atoms in total. The van der Waals surface area contributed by atoms with Crippen molar-refractivity contribution in [1.29, 1.82) is 0 Å². The summed E-state index contributed by atoms with van der Waals surface area (Å²) in [6, 6.07) is 1.70. The minimum Gasteiger partial charge on any atom is -0.466 e. The van der Waals surface area contributed by atoms with Crippen molar-refractivity contribution in [2.75, 3.05) is 26.2 Å². The molecule has 2 rings (SSSR count). The van der Waals surface area contributed by atoms with E-state index in [0.717, 1.165) is 0 Å². The summed E-state index contributed by atoms with van der Waals surface area (Å²) in [6.07, 6.45) is 0.164. The van der Waals surface area contributed by atoms with Crippen LogP contribution in [0.25, 0.3) is 0 Å². The van der Waals surface area contributed by atoms with Gasteiger partial charge in [0.1, 0.15) is 0 Å². The van der Waals surface area contributed by atoms with Crippen molar-refractivity contribution >= 4 is 35.1 Å². The molecule has 2 amide bonds. The highest BCUT2D eigenvalue weighted by molar-refractivity contribution is 7.08. The Hall–Kier alpha value is -2.42. The summed E-state index contributed by atoms with van der Waals surface area (Å²) < 4.78 is 10.2. The normalized spacial score (nSPS) is 15.6. The Labute approximate surface area is 168 Å². The Balaban J connectivity index is 1.68. The van der Waals surface area contributed by atoms with Crippen molar-refractivity contribution in [1.82, 2.24) is 10.2 Å². The lowest BCUT2D eigenvalue weighted by atomic mass is 9.97. The summed E-state index contributed by atoms with van der Waals surface area (Å²) in [7, 11) is 0. The van der Waals surface area contributed by atoms with Crippen LogP contribution in [0, 0.1) is 5.92 Å². The van der Waals surface area contributed by atoms with E-state index in [9.17, 15) is 19.2 Å². The van der Waals surface area contributed by atoms with Crippen LogP contribution in [0.3, 0.4) is 0 Å². The van der Waals surface area contributed by atoms with Gasteiger partial charge in [-0.3, -0.25) is 19.2 Å². The predicted molar refractivity (Wildman–Crippen MR) is 103 cm³/mol. The summed E-state index contributed by atoms with van der Waals surface area (Å²) in [5.41, 5.74) is 0.549. The molecule has 2 heterocycles. The minimum absolute atomic E-state index is 0.0154. The van der Waals surface area contributed by atoms with E-state index in [2.05, 4.69) is 5.32 Å². The van der Waals surface area contributed by atoms with Gasteiger partial charge in [-0.05, 0) is 38.1 Å². The van der Waals surface area contributed by atoms with Gasteiger partial charge in [-0.2, -0.15) is 11.3 Å². The molecule has 9 heteroatoms. The highest BCUT2D eigenvalue weighted by atomic mass is 32.1. The Morgan fingerprint density at radius 3 is 2.61 bits per heavy atom. The van der Waals surface area contributed by atoms with Crippen LogP contribution in [0.15, 0.2) is 16.8 Å². The lowest BCUT2D eigenvalue weighted by Gasteiger charge is -2.32. The highest BCUT2D eigenvalue weighted by Crippen LogP contribution is 2.19. The van der Waals surface area contributed by atoms with Crippen LogP contribution in [0.2, 0.25) is 0 Å². The number of esters is 2. The fraction of sp³-hybridized carbons (Fsp3) is 0.579. The summed E-state index contributed by atoms with van der Waals surface area (Å²) >= 11 is 1.42. The molecule has 0 aromatic carbocycles. The van der Waals surface area contributed by atoms with Gasteiger partial charge >= 0.3 is 11.9 Å². The van der Waals surface area contributed by atoms with Crippen molar-refractivity contribution in [3.05, 3.63) is 22.4 Å².